The Hall–Kier alpha value is 0.120. The lowest BCUT2D eigenvalue weighted by atomic mass is 9.78. The van der Waals surface area contributed by atoms with Gasteiger partial charge in [-0.3, -0.25) is 0 Å². The summed E-state index contributed by atoms with van der Waals surface area (Å²) in [4.78, 5) is 0. The number of piperidine rings is 1. The van der Waals surface area contributed by atoms with Gasteiger partial charge in [-0.1, -0.05) is 6.92 Å². The first-order chi connectivity index (χ1) is 8.08. The average molecular weight is 298 g/mol. The van der Waals surface area contributed by atoms with E-state index in [1.807, 2.05) is 6.92 Å². The highest BCUT2D eigenvalue weighted by Gasteiger charge is 2.42. The topological polar surface area (TPSA) is 61.4 Å². The molecule has 0 aromatic carbocycles. The van der Waals surface area contributed by atoms with Crippen molar-refractivity contribution in [2.75, 3.05) is 32.7 Å². The van der Waals surface area contributed by atoms with E-state index in [2.05, 4.69) is 10.0 Å². The standard InChI is InChI=1S/C11H23N3O2S.ClH/c1-2-6-13-17(15,16)14-9-5-11(10-14)3-7-12-8-4-11;/h12-13H,2-10H2,1H3;1H. The number of nitrogens with one attached hydrogen (secondary N) is 2. The summed E-state index contributed by atoms with van der Waals surface area (Å²) in [5.74, 6) is 0. The van der Waals surface area contributed by atoms with Gasteiger partial charge in [0.15, 0.2) is 0 Å². The second kappa shape index (κ2) is 6.52. The molecule has 0 amide bonds. The van der Waals surface area contributed by atoms with Crippen LogP contribution in [0, 0.1) is 5.41 Å². The van der Waals surface area contributed by atoms with E-state index in [0.29, 0.717) is 19.6 Å². The van der Waals surface area contributed by atoms with Gasteiger partial charge >= 0.3 is 0 Å². The van der Waals surface area contributed by atoms with E-state index in [1.54, 1.807) is 4.31 Å². The Kier molecular flexibility index (Phi) is 5.86. The summed E-state index contributed by atoms with van der Waals surface area (Å²) in [6.07, 6.45) is 4.06. The van der Waals surface area contributed by atoms with Crippen molar-refractivity contribution in [1.29, 1.82) is 0 Å². The van der Waals surface area contributed by atoms with Crippen LogP contribution in [0.5, 0.6) is 0 Å². The molecule has 18 heavy (non-hydrogen) atoms. The number of hydrogen-bond acceptors (Lipinski definition) is 3. The van der Waals surface area contributed by atoms with Crippen molar-refractivity contribution in [2.45, 2.75) is 32.6 Å². The summed E-state index contributed by atoms with van der Waals surface area (Å²) in [5, 5.41) is 3.34. The molecular weight excluding hydrogens is 274 g/mol. The molecule has 0 aromatic heterocycles. The fourth-order valence-electron chi connectivity index (χ4n) is 2.79. The highest BCUT2D eigenvalue weighted by Crippen LogP contribution is 2.39. The Morgan fingerprint density at radius 2 is 1.94 bits per heavy atom. The van der Waals surface area contributed by atoms with Crippen LogP contribution >= 0.6 is 12.4 Å². The van der Waals surface area contributed by atoms with Gasteiger partial charge in [-0.15, -0.1) is 12.4 Å². The molecule has 5 nitrogen and oxygen atoms in total. The molecule has 2 saturated heterocycles. The van der Waals surface area contributed by atoms with Crippen molar-refractivity contribution in [2.24, 2.45) is 5.41 Å². The number of hydrogen-bond donors (Lipinski definition) is 2. The van der Waals surface area contributed by atoms with Gasteiger partial charge in [-0.05, 0) is 44.2 Å². The molecule has 0 aromatic rings. The minimum Gasteiger partial charge on any atom is -0.317 e. The maximum atomic E-state index is 12.0. The third-order valence-corrected chi connectivity index (χ3v) is 5.50. The predicted molar refractivity (Wildman–Crippen MR) is 75.2 cm³/mol. The Morgan fingerprint density at radius 1 is 1.28 bits per heavy atom. The van der Waals surface area contributed by atoms with Crippen molar-refractivity contribution in [3.63, 3.8) is 0 Å². The molecule has 0 bridgehead atoms. The van der Waals surface area contributed by atoms with E-state index in [-0.39, 0.29) is 17.8 Å². The van der Waals surface area contributed by atoms with Gasteiger partial charge in [-0.2, -0.15) is 12.7 Å². The average Bonchev–Trinajstić information content (AvgIpc) is 2.72. The van der Waals surface area contributed by atoms with Crippen molar-refractivity contribution >= 4 is 22.6 Å². The van der Waals surface area contributed by atoms with Crippen LogP contribution < -0.4 is 10.0 Å². The SMILES string of the molecule is CCCNS(=O)(=O)N1CCC2(CCNCC2)C1.Cl. The molecule has 2 rings (SSSR count). The van der Waals surface area contributed by atoms with E-state index in [9.17, 15) is 8.42 Å². The van der Waals surface area contributed by atoms with Crippen LogP contribution in [0.3, 0.4) is 0 Å². The molecule has 2 fully saturated rings. The van der Waals surface area contributed by atoms with Crippen LogP contribution in [-0.2, 0) is 10.2 Å². The maximum absolute atomic E-state index is 12.0. The Labute approximate surface area is 116 Å². The van der Waals surface area contributed by atoms with E-state index >= 15 is 0 Å². The van der Waals surface area contributed by atoms with Gasteiger partial charge in [0.1, 0.15) is 0 Å². The minimum atomic E-state index is -3.23. The monoisotopic (exact) mass is 297 g/mol. The first kappa shape index (κ1) is 16.2. The Bertz CT molecular complexity index is 355. The lowest BCUT2D eigenvalue weighted by Crippen LogP contribution is -2.43. The third kappa shape index (κ3) is 3.57. The van der Waals surface area contributed by atoms with Gasteiger partial charge in [-0.25, -0.2) is 4.72 Å². The number of rotatable bonds is 4. The fourth-order valence-corrected chi connectivity index (χ4v) is 4.21. The fraction of sp³-hybridized carbons (Fsp3) is 1.00. The Morgan fingerprint density at radius 3 is 2.56 bits per heavy atom. The minimum absolute atomic E-state index is 0. The molecular formula is C11H24ClN3O2S. The van der Waals surface area contributed by atoms with Crippen molar-refractivity contribution in [1.82, 2.24) is 14.3 Å². The van der Waals surface area contributed by atoms with Crippen LogP contribution in [-0.4, -0.2) is 45.4 Å². The van der Waals surface area contributed by atoms with Crippen LogP contribution in [0.1, 0.15) is 32.6 Å². The summed E-state index contributed by atoms with van der Waals surface area (Å²) in [6, 6.07) is 0. The molecule has 7 heteroatoms. The molecule has 2 N–H and O–H groups in total. The molecule has 0 unspecified atom stereocenters. The van der Waals surface area contributed by atoms with Crippen molar-refractivity contribution in [3.05, 3.63) is 0 Å². The normalized spacial score (nSPS) is 24.1. The predicted octanol–water partition coefficient (Wildman–Crippen LogP) is 0.728. The molecule has 0 aliphatic carbocycles. The van der Waals surface area contributed by atoms with Gasteiger partial charge in [0.25, 0.3) is 10.2 Å². The number of halogens is 1. The molecule has 2 heterocycles. The summed E-state index contributed by atoms with van der Waals surface area (Å²) < 4.78 is 28.3. The molecule has 0 radical (unpaired) electrons. The summed E-state index contributed by atoms with van der Waals surface area (Å²) in [5.41, 5.74) is 0.242. The molecule has 108 valence electrons. The molecule has 1 spiro atoms. The summed E-state index contributed by atoms with van der Waals surface area (Å²) in [7, 11) is -3.23. The van der Waals surface area contributed by atoms with E-state index in [4.69, 9.17) is 0 Å². The highest BCUT2D eigenvalue weighted by molar-refractivity contribution is 7.87. The van der Waals surface area contributed by atoms with Gasteiger partial charge in [0.2, 0.25) is 0 Å². The van der Waals surface area contributed by atoms with Gasteiger partial charge in [0, 0.05) is 19.6 Å². The van der Waals surface area contributed by atoms with Crippen LogP contribution in [0.25, 0.3) is 0 Å². The third-order valence-electron chi connectivity index (χ3n) is 3.94. The second-order valence-electron chi connectivity index (χ2n) is 5.23. The quantitative estimate of drug-likeness (QED) is 0.804. The second-order valence-corrected chi connectivity index (χ2v) is 6.99. The molecule has 0 atom stereocenters. The zero-order valence-corrected chi connectivity index (χ0v) is 12.6. The molecule has 2 aliphatic rings. The van der Waals surface area contributed by atoms with Crippen LogP contribution in [0.15, 0.2) is 0 Å². The molecule has 0 saturated carbocycles. The maximum Gasteiger partial charge on any atom is 0.279 e. The van der Waals surface area contributed by atoms with E-state index < -0.39 is 10.2 Å². The smallest absolute Gasteiger partial charge is 0.279 e. The van der Waals surface area contributed by atoms with E-state index in [0.717, 1.165) is 38.8 Å². The van der Waals surface area contributed by atoms with Gasteiger partial charge in [0.05, 0.1) is 0 Å². The first-order valence-corrected chi connectivity index (χ1v) is 7.97. The van der Waals surface area contributed by atoms with E-state index in [1.165, 1.54) is 0 Å². The Balaban J connectivity index is 0.00000162. The lowest BCUT2D eigenvalue weighted by Gasteiger charge is -2.33. The van der Waals surface area contributed by atoms with Crippen molar-refractivity contribution < 1.29 is 8.42 Å². The zero-order chi connectivity index (χ0) is 12.4. The van der Waals surface area contributed by atoms with Gasteiger partial charge < -0.3 is 5.32 Å². The van der Waals surface area contributed by atoms with Crippen molar-refractivity contribution in [3.8, 4) is 0 Å². The number of nitrogens with zero attached hydrogens (tertiary/aromatic N) is 1. The van der Waals surface area contributed by atoms with Crippen LogP contribution in [0.4, 0.5) is 0 Å². The summed E-state index contributed by atoms with van der Waals surface area (Å²) in [6.45, 7) is 5.94. The molecule has 2 aliphatic heterocycles. The zero-order valence-electron chi connectivity index (χ0n) is 10.9. The largest absolute Gasteiger partial charge is 0.317 e. The lowest BCUT2D eigenvalue weighted by molar-refractivity contribution is 0.218. The highest BCUT2D eigenvalue weighted by atomic mass is 35.5. The first-order valence-electron chi connectivity index (χ1n) is 6.53. The summed E-state index contributed by atoms with van der Waals surface area (Å²) >= 11 is 0. The van der Waals surface area contributed by atoms with Crippen LogP contribution in [0.2, 0.25) is 0 Å².